The summed E-state index contributed by atoms with van der Waals surface area (Å²) in [6, 6.07) is 0. The summed E-state index contributed by atoms with van der Waals surface area (Å²) < 4.78 is 0. The molecule has 0 aliphatic heterocycles. The lowest BCUT2D eigenvalue weighted by atomic mass is 10.4. The summed E-state index contributed by atoms with van der Waals surface area (Å²) in [6.45, 7) is 0.0147. The smallest absolute Gasteiger partial charge is 0.115 e. The highest BCUT2D eigenvalue weighted by Gasteiger charge is 1.84. The number of hydrogen-bond acceptors (Lipinski definition) is 5. The van der Waals surface area contributed by atoms with Crippen molar-refractivity contribution in [3.63, 3.8) is 0 Å². The molecule has 0 atom stereocenters. The van der Waals surface area contributed by atoms with Crippen molar-refractivity contribution in [1.29, 1.82) is 0 Å². The standard InChI is InChI=1S/C5H5BrN2.C5H6N2O/c6-1-5-2-7-4-8-3-5;8-3-5-1-6-4-7-2-5/h2-4H,1H2;1-2,4,8H,3H2. The Balaban J connectivity index is 0.000000160. The molecule has 2 heterocycles. The van der Waals surface area contributed by atoms with E-state index in [0.29, 0.717) is 0 Å². The predicted molar refractivity (Wildman–Crippen MR) is 62.6 cm³/mol. The number of alkyl halides is 1. The topological polar surface area (TPSA) is 71.8 Å². The van der Waals surface area contributed by atoms with Gasteiger partial charge in [-0.25, -0.2) is 19.9 Å². The molecule has 0 unspecified atom stereocenters. The molecule has 6 heteroatoms. The Morgan fingerprint density at radius 3 is 1.56 bits per heavy atom. The van der Waals surface area contributed by atoms with Crippen molar-refractivity contribution in [2.75, 3.05) is 0 Å². The molecule has 0 spiro atoms. The second kappa shape index (κ2) is 7.84. The van der Waals surface area contributed by atoms with Crippen LogP contribution in [-0.2, 0) is 11.9 Å². The number of aromatic nitrogens is 4. The van der Waals surface area contributed by atoms with Gasteiger partial charge in [0, 0.05) is 35.7 Å². The van der Waals surface area contributed by atoms with Crippen LogP contribution in [-0.4, -0.2) is 25.0 Å². The molecular formula is C10H11BrN4O. The molecule has 2 aromatic heterocycles. The van der Waals surface area contributed by atoms with E-state index in [1.54, 1.807) is 24.8 Å². The highest BCUT2D eigenvalue weighted by atomic mass is 79.9. The van der Waals surface area contributed by atoms with Gasteiger partial charge in [0.05, 0.1) is 6.61 Å². The Morgan fingerprint density at radius 1 is 0.875 bits per heavy atom. The van der Waals surface area contributed by atoms with Crippen LogP contribution in [0.5, 0.6) is 0 Å². The van der Waals surface area contributed by atoms with Gasteiger partial charge >= 0.3 is 0 Å². The molecule has 0 radical (unpaired) electrons. The second-order valence-electron chi connectivity index (χ2n) is 2.79. The Bertz CT molecular complexity index is 345. The molecule has 16 heavy (non-hydrogen) atoms. The van der Waals surface area contributed by atoms with Gasteiger partial charge in [-0.15, -0.1) is 0 Å². The maximum absolute atomic E-state index is 8.46. The van der Waals surface area contributed by atoms with Crippen LogP contribution in [0.15, 0.2) is 37.4 Å². The Morgan fingerprint density at radius 2 is 1.31 bits per heavy atom. The van der Waals surface area contributed by atoms with Gasteiger partial charge in [0.25, 0.3) is 0 Å². The molecule has 0 aliphatic rings. The van der Waals surface area contributed by atoms with E-state index in [1.165, 1.54) is 12.7 Å². The molecule has 0 saturated heterocycles. The van der Waals surface area contributed by atoms with Crippen molar-refractivity contribution in [2.24, 2.45) is 0 Å². The summed E-state index contributed by atoms with van der Waals surface area (Å²) in [5.74, 6) is 0. The average molecular weight is 283 g/mol. The zero-order chi connectivity index (χ0) is 11.6. The molecule has 2 rings (SSSR count). The Hall–Kier alpha value is -1.40. The molecular weight excluding hydrogens is 272 g/mol. The van der Waals surface area contributed by atoms with Gasteiger partial charge in [-0.2, -0.15) is 0 Å². The number of rotatable bonds is 2. The van der Waals surface area contributed by atoms with E-state index in [4.69, 9.17) is 5.11 Å². The molecule has 1 N–H and O–H groups in total. The third-order valence-corrected chi connectivity index (χ3v) is 2.21. The normalized spacial score (nSPS) is 9.12. The lowest BCUT2D eigenvalue weighted by Crippen LogP contribution is -1.84. The summed E-state index contributed by atoms with van der Waals surface area (Å²) in [7, 11) is 0. The predicted octanol–water partition coefficient (Wildman–Crippen LogP) is 1.34. The Kier molecular flexibility index (Phi) is 6.20. The van der Waals surface area contributed by atoms with Crippen LogP contribution >= 0.6 is 15.9 Å². The van der Waals surface area contributed by atoms with Crippen molar-refractivity contribution in [3.8, 4) is 0 Å². The van der Waals surface area contributed by atoms with Gasteiger partial charge in [0.2, 0.25) is 0 Å². The van der Waals surface area contributed by atoms with Crippen molar-refractivity contribution < 1.29 is 5.11 Å². The van der Waals surface area contributed by atoms with E-state index in [2.05, 4.69) is 35.9 Å². The molecule has 0 bridgehead atoms. The maximum Gasteiger partial charge on any atom is 0.115 e. The minimum absolute atomic E-state index is 0.0147. The van der Waals surface area contributed by atoms with E-state index >= 15 is 0 Å². The lowest BCUT2D eigenvalue weighted by molar-refractivity contribution is 0.281. The molecule has 0 aliphatic carbocycles. The molecule has 84 valence electrons. The first-order valence-corrected chi connectivity index (χ1v) is 5.63. The molecule has 0 amide bonds. The van der Waals surface area contributed by atoms with Crippen molar-refractivity contribution in [3.05, 3.63) is 48.6 Å². The van der Waals surface area contributed by atoms with Crippen molar-refractivity contribution in [1.82, 2.24) is 19.9 Å². The molecule has 5 nitrogen and oxygen atoms in total. The van der Waals surface area contributed by atoms with E-state index in [9.17, 15) is 0 Å². The monoisotopic (exact) mass is 282 g/mol. The molecule has 0 saturated carbocycles. The third-order valence-electron chi connectivity index (χ3n) is 1.56. The first-order chi connectivity index (χ1) is 7.86. The highest BCUT2D eigenvalue weighted by Crippen LogP contribution is 1.98. The van der Waals surface area contributed by atoms with Gasteiger partial charge in [-0.05, 0) is 5.56 Å². The zero-order valence-electron chi connectivity index (χ0n) is 8.49. The first-order valence-electron chi connectivity index (χ1n) is 4.51. The van der Waals surface area contributed by atoms with Crippen LogP contribution in [0.2, 0.25) is 0 Å². The minimum Gasteiger partial charge on any atom is -0.392 e. The van der Waals surface area contributed by atoms with E-state index in [1.807, 2.05) is 0 Å². The van der Waals surface area contributed by atoms with E-state index in [0.717, 1.165) is 16.5 Å². The fraction of sp³-hybridized carbons (Fsp3) is 0.200. The quantitative estimate of drug-likeness (QED) is 0.842. The number of halogens is 1. The molecule has 2 aromatic rings. The minimum atomic E-state index is 0.0147. The summed E-state index contributed by atoms with van der Waals surface area (Å²) >= 11 is 3.28. The van der Waals surface area contributed by atoms with E-state index < -0.39 is 0 Å². The van der Waals surface area contributed by atoms with Gasteiger partial charge in [0.15, 0.2) is 0 Å². The number of hydrogen-bond donors (Lipinski definition) is 1. The van der Waals surface area contributed by atoms with Crippen molar-refractivity contribution >= 4 is 15.9 Å². The second-order valence-corrected chi connectivity index (χ2v) is 3.35. The van der Waals surface area contributed by atoms with Crippen LogP contribution in [0, 0.1) is 0 Å². The van der Waals surface area contributed by atoms with Gasteiger partial charge < -0.3 is 5.11 Å². The number of aliphatic hydroxyl groups excluding tert-OH is 1. The fourth-order valence-electron chi connectivity index (χ4n) is 0.811. The van der Waals surface area contributed by atoms with Gasteiger partial charge in [0.1, 0.15) is 12.7 Å². The number of nitrogens with zero attached hydrogens (tertiary/aromatic N) is 4. The van der Waals surface area contributed by atoms with Crippen LogP contribution in [0.25, 0.3) is 0 Å². The Labute approximate surface area is 102 Å². The largest absolute Gasteiger partial charge is 0.392 e. The average Bonchev–Trinajstić information content (AvgIpc) is 2.41. The SMILES string of the molecule is BrCc1cncnc1.OCc1cncnc1. The van der Waals surface area contributed by atoms with Gasteiger partial charge in [-0.3, -0.25) is 0 Å². The van der Waals surface area contributed by atoms with Crippen LogP contribution in [0.4, 0.5) is 0 Å². The maximum atomic E-state index is 8.46. The van der Waals surface area contributed by atoms with Crippen LogP contribution in [0.3, 0.4) is 0 Å². The lowest BCUT2D eigenvalue weighted by Gasteiger charge is -1.87. The van der Waals surface area contributed by atoms with E-state index in [-0.39, 0.29) is 6.61 Å². The van der Waals surface area contributed by atoms with Crippen LogP contribution < -0.4 is 0 Å². The summed E-state index contributed by atoms with van der Waals surface area (Å²) in [5, 5.41) is 9.28. The fourth-order valence-corrected chi connectivity index (χ4v) is 1.10. The van der Waals surface area contributed by atoms with Gasteiger partial charge in [-0.1, -0.05) is 15.9 Å². The van der Waals surface area contributed by atoms with Crippen LogP contribution in [0.1, 0.15) is 11.1 Å². The summed E-state index contributed by atoms with van der Waals surface area (Å²) in [4.78, 5) is 15.0. The summed E-state index contributed by atoms with van der Waals surface area (Å²) in [5.41, 5.74) is 1.85. The number of aliphatic hydroxyl groups is 1. The molecule has 0 fully saturated rings. The summed E-state index contributed by atoms with van der Waals surface area (Å²) in [6.07, 6.45) is 9.66. The first kappa shape index (κ1) is 12.7. The molecule has 0 aromatic carbocycles. The third kappa shape index (κ3) is 4.90. The zero-order valence-corrected chi connectivity index (χ0v) is 10.1. The van der Waals surface area contributed by atoms with Crippen molar-refractivity contribution in [2.45, 2.75) is 11.9 Å². The highest BCUT2D eigenvalue weighted by molar-refractivity contribution is 9.08.